The van der Waals surface area contributed by atoms with Gasteiger partial charge in [-0.3, -0.25) is 14.9 Å². The molecule has 0 bridgehead atoms. The Hall–Kier alpha value is -3.22. The van der Waals surface area contributed by atoms with Gasteiger partial charge < -0.3 is 9.88 Å². The third kappa shape index (κ3) is 3.40. The number of nitro benzene ring substituents is 1. The van der Waals surface area contributed by atoms with Crippen molar-refractivity contribution in [3.63, 3.8) is 0 Å². The first kappa shape index (κ1) is 17.2. The number of aryl methyl sites for hydroxylation is 1. The van der Waals surface area contributed by atoms with E-state index < -0.39 is 4.92 Å². The molecule has 4 rings (SSSR count). The first-order chi connectivity index (χ1) is 13.0. The van der Waals surface area contributed by atoms with Crippen LogP contribution in [0.5, 0.6) is 0 Å². The molecule has 1 saturated heterocycles. The Bertz CT molecular complexity index is 1010. The van der Waals surface area contributed by atoms with Gasteiger partial charge in [0.2, 0.25) is 0 Å². The van der Waals surface area contributed by atoms with Crippen molar-refractivity contribution in [1.29, 1.82) is 0 Å². The fourth-order valence-electron chi connectivity index (χ4n) is 3.63. The van der Waals surface area contributed by atoms with Crippen LogP contribution >= 0.6 is 0 Å². The van der Waals surface area contributed by atoms with Crippen LogP contribution in [-0.4, -0.2) is 38.8 Å². The zero-order valence-electron chi connectivity index (χ0n) is 15.0. The fourth-order valence-corrected chi connectivity index (χ4v) is 3.63. The van der Waals surface area contributed by atoms with Gasteiger partial charge in [-0.05, 0) is 49.6 Å². The lowest BCUT2D eigenvalue weighted by molar-refractivity contribution is -0.384. The van der Waals surface area contributed by atoms with E-state index in [-0.39, 0.29) is 17.5 Å². The lowest BCUT2D eigenvalue weighted by atomic mass is 9.96. The average Bonchev–Trinajstić information content (AvgIpc) is 3.11. The molecule has 1 aliphatic rings. The summed E-state index contributed by atoms with van der Waals surface area (Å²) in [6.45, 7) is 3.32. The fraction of sp³-hybridized carbons (Fsp3) is 0.300. The number of amides is 1. The second kappa shape index (κ2) is 6.83. The summed E-state index contributed by atoms with van der Waals surface area (Å²) >= 11 is 0. The summed E-state index contributed by atoms with van der Waals surface area (Å²) in [5.41, 5.74) is 3.59. The van der Waals surface area contributed by atoms with E-state index in [0.29, 0.717) is 18.7 Å². The number of likely N-dealkylation sites (tertiary alicyclic amines) is 1. The maximum Gasteiger partial charge on any atom is 0.269 e. The number of rotatable bonds is 3. The molecule has 0 unspecified atom stereocenters. The van der Waals surface area contributed by atoms with Gasteiger partial charge >= 0.3 is 0 Å². The molecule has 0 spiro atoms. The minimum atomic E-state index is -0.464. The van der Waals surface area contributed by atoms with Crippen molar-refractivity contribution >= 4 is 22.6 Å². The van der Waals surface area contributed by atoms with E-state index in [2.05, 4.69) is 11.1 Å². The molecule has 138 valence electrons. The lowest BCUT2D eigenvalue weighted by Crippen LogP contribution is -2.39. The molecule has 2 aromatic carbocycles. The van der Waals surface area contributed by atoms with E-state index in [1.54, 1.807) is 0 Å². The van der Waals surface area contributed by atoms with Gasteiger partial charge in [0.1, 0.15) is 5.82 Å². The van der Waals surface area contributed by atoms with Crippen molar-refractivity contribution in [3.05, 3.63) is 69.5 Å². The highest BCUT2D eigenvalue weighted by Crippen LogP contribution is 2.28. The Morgan fingerprint density at radius 1 is 1.26 bits per heavy atom. The Morgan fingerprint density at radius 2 is 2.04 bits per heavy atom. The Morgan fingerprint density at radius 3 is 2.78 bits per heavy atom. The number of hydrogen-bond donors (Lipinski definition) is 1. The van der Waals surface area contributed by atoms with E-state index >= 15 is 0 Å². The number of aromatic amines is 1. The number of fused-ring (bicyclic) bond motifs is 1. The number of carbonyl (C=O) groups is 1. The molecule has 0 radical (unpaired) electrons. The van der Waals surface area contributed by atoms with Crippen molar-refractivity contribution < 1.29 is 9.72 Å². The number of benzene rings is 2. The van der Waals surface area contributed by atoms with Crippen molar-refractivity contribution in [3.8, 4) is 0 Å². The number of aromatic nitrogens is 2. The summed E-state index contributed by atoms with van der Waals surface area (Å²) in [6.07, 6.45) is 1.88. The maximum atomic E-state index is 12.8. The number of carbonyl (C=O) groups excluding carboxylic acids is 1. The highest BCUT2D eigenvalue weighted by molar-refractivity contribution is 5.94. The summed E-state index contributed by atoms with van der Waals surface area (Å²) in [4.78, 5) is 33.0. The molecule has 1 atom stereocenters. The molecule has 1 aliphatic heterocycles. The van der Waals surface area contributed by atoms with E-state index in [1.165, 1.54) is 29.8 Å². The van der Waals surface area contributed by atoms with E-state index in [1.807, 2.05) is 24.0 Å². The van der Waals surface area contributed by atoms with Crippen LogP contribution in [-0.2, 0) is 0 Å². The van der Waals surface area contributed by atoms with Crippen LogP contribution in [0.15, 0.2) is 42.5 Å². The lowest BCUT2D eigenvalue weighted by Gasteiger charge is -2.32. The molecule has 7 heteroatoms. The van der Waals surface area contributed by atoms with Gasteiger partial charge in [0.25, 0.3) is 11.6 Å². The highest BCUT2D eigenvalue weighted by Gasteiger charge is 2.27. The zero-order chi connectivity index (χ0) is 19.0. The molecule has 3 aromatic rings. The smallest absolute Gasteiger partial charge is 0.269 e. The van der Waals surface area contributed by atoms with Crippen LogP contribution in [0.2, 0.25) is 0 Å². The van der Waals surface area contributed by atoms with E-state index in [0.717, 1.165) is 29.7 Å². The Balaban J connectivity index is 1.52. The minimum Gasteiger partial charge on any atom is -0.342 e. The number of nitrogens with one attached hydrogen (secondary N) is 1. The molecule has 1 N–H and O–H groups in total. The molecule has 27 heavy (non-hydrogen) atoms. The van der Waals surface area contributed by atoms with Crippen LogP contribution in [0.25, 0.3) is 11.0 Å². The average molecular weight is 364 g/mol. The second-order valence-corrected chi connectivity index (χ2v) is 7.04. The minimum absolute atomic E-state index is 0.0133. The second-order valence-electron chi connectivity index (χ2n) is 7.04. The highest BCUT2D eigenvalue weighted by atomic mass is 16.6. The van der Waals surface area contributed by atoms with Crippen LogP contribution < -0.4 is 0 Å². The number of nitro groups is 1. The monoisotopic (exact) mass is 364 g/mol. The molecule has 1 aromatic heterocycles. The molecule has 7 nitrogen and oxygen atoms in total. The van der Waals surface area contributed by atoms with Crippen LogP contribution in [0, 0.1) is 17.0 Å². The molecule has 1 amide bonds. The summed E-state index contributed by atoms with van der Waals surface area (Å²) in [5, 5.41) is 10.8. The third-order valence-corrected chi connectivity index (χ3v) is 5.08. The topological polar surface area (TPSA) is 92.1 Å². The summed E-state index contributed by atoms with van der Waals surface area (Å²) in [6, 6.07) is 11.9. The number of H-pyrrole nitrogens is 1. The van der Waals surface area contributed by atoms with Gasteiger partial charge in [-0.15, -0.1) is 0 Å². The van der Waals surface area contributed by atoms with Crippen LogP contribution in [0.3, 0.4) is 0 Å². The molecule has 1 fully saturated rings. The quantitative estimate of drug-likeness (QED) is 0.565. The van der Waals surface area contributed by atoms with Gasteiger partial charge in [-0.2, -0.15) is 0 Å². The number of piperidine rings is 1. The number of non-ortho nitro benzene ring substituents is 1. The van der Waals surface area contributed by atoms with Crippen LogP contribution in [0.1, 0.15) is 40.5 Å². The third-order valence-electron chi connectivity index (χ3n) is 5.08. The predicted molar refractivity (Wildman–Crippen MR) is 102 cm³/mol. The van der Waals surface area contributed by atoms with Gasteiger partial charge in [0.05, 0.1) is 16.0 Å². The number of nitrogens with zero attached hydrogens (tertiary/aromatic N) is 3. The van der Waals surface area contributed by atoms with Gasteiger partial charge in [0.15, 0.2) is 0 Å². The van der Waals surface area contributed by atoms with E-state index in [9.17, 15) is 14.9 Å². The molecular weight excluding hydrogens is 344 g/mol. The van der Waals surface area contributed by atoms with Gasteiger partial charge in [0, 0.05) is 36.7 Å². The first-order valence-corrected chi connectivity index (χ1v) is 9.01. The van der Waals surface area contributed by atoms with Crippen molar-refractivity contribution in [2.45, 2.75) is 25.7 Å². The molecule has 0 saturated carbocycles. The van der Waals surface area contributed by atoms with Gasteiger partial charge in [-0.25, -0.2) is 4.98 Å². The van der Waals surface area contributed by atoms with Crippen molar-refractivity contribution in [2.24, 2.45) is 0 Å². The Labute approximate surface area is 156 Å². The standard InChI is InChI=1S/C20H20N4O3/c1-13-4-9-17-18(11-13)22-19(21-17)15-3-2-10-23(12-15)20(25)14-5-7-16(8-6-14)24(26)27/h4-9,11,15H,2-3,10,12H2,1H3,(H,21,22)/t15-/m0/s1. The molecule has 2 heterocycles. The normalized spacial score (nSPS) is 17.2. The number of imidazole rings is 1. The largest absolute Gasteiger partial charge is 0.342 e. The zero-order valence-corrected chi connectivity index (χ0v) is 15.0. The van der Waals surface area contributed by atoms with Crippen molar-refractivity contribution in [2.75, 3.05) is 13.1 Å². The SMILES string of the molecule is Cc1ccc2nc([C@H]3CCCN(C(=O)c4ccc([N+](=O)[O-])cc4)C3)[nH]c2c1. The number of hydrogen-bond acceptors (Lipinski definition) is 4. The summed E-state index contributed by atoms with van der Waals surface area (Å²) in [5.74, 6) is 0.979. The van der Waals surface area contributed by atoms with E-state index in [4.69, 9.17) is 4.98 Å². The summed E-state index contributed by atoms with van der Waals surface area (Å²) < 4.78 is 0. The van der Waals surface area contributed by atoms with Crippen LogP contribution in [0.4, 0.5) is 5.69 Å². The predicted octanol–water partition coefficient (Wildman–Crippen LogP) is 3.80. The Kier molecular flexibility index (Phi) is 4.35. The van der Waals surface area contributed by atoms with Gasteiger partial charge in [-0.1, -0.05) is 6.07 Å². The first-order valence-electron chi connectivity index (χ1n) is 9.01. The molecule has 0 aliphatic carbocycles. The van der Waals surface area contributed by atoms with Crippen molar-refractivity contribution in [1.82, 2.24) is 14.9 Å². The maximum absolute atomic E-state index is 12.8. The summed E-state index contributed by atoms with van der Waals surface area (Å²) in [7, 11) is 0. The molecular formula is C20H20N4O3.